The van der Waals surface area contributed by atoms with Gasteiger partial charge in [0.1, 0.15) is 5.00 Å². The van der Waals surface area contributed by atoms with Crippen molar-refractivity contribution in [2.75, 3.05) is 25.0 Å². The number of hydrogen-bond donors (Lipinski definition) is 2. The number of esters is 1. The van der Waals surface area contributed by atoms with Gasteiger partial charge < -0.3 is 15.4 Å². The Bertz CT molecular complexity index is 568. The molecule has 0 saturated carbocycles. The summed E-state index contributed by atoms with van der Waals surface area (Å²) in [5.41, 5.74) is 1.51. The Morgan fingerprint density at radius 2 is 1.96 bits per heavy atom. The van der Waals surface area contributed by atoms with E-state index in [0.717, 1.165) is 42.8 Å². The number of nitrogens with one attached hydrogen (secondary N) is 2. The molecule has 1 aromatic heterocycles. The molecule has 0 radical (unpaired) electrons. The van der Waals surface area contributed by atoms with Crippen molar-refractivity contribution in [2.45, 2.75) is 46.5 Å². The Morgan fingerprint density at radius 1 is 1.29 bits per heavy atom. The number of aryl methyl sites for hydroxylation is 1. The smallest absolute Gasteiger partial charge is 0.341 e. The predicted molar refractivity (Wildman–Crippen MR) is 100 cm³/mol. The van der Waals surface area contributed by atoms with E-state index in [2.05, 4.69) is 10.6 Å². The molecule has 0 aromatic carbocycles. The molecule has 1 fully saturated rings. The molecule has 1 amide bonds. The summed E-state index contributed by atoms with van der Waals surface area (Å²) >= 11 is 1.46. The molecule has 1 saturated heterocycles. The second-order valence-electron chi connectivity index (χ2n) is 5.86. The van der Waals surface area contributed by atoms with E-state index in [0.29, 0.717) is 29.5 Å². The average molecular weight is 375 g/mol. The van der Waals surface area contributed by atoms with Crippen molar-refractivity contribution in [1.82, 2.24) is 5.32 Å². The Labute approximate surface area is 153 Å². The maximum atomic E-state index is 12.3. The lowest BCUT2D eigenvalue weighted by molar-refractivity contribution is -0.117. The highest BCUT2D eigenvalue weighted by Crippen LogP contribution is 2.34. The normalized spacial score (nSPS) is 14.8. The highest BCUT2D eigenvalue weighted by Gasteiger charge is 2.24. The first-order valence-electron chi connectivity index (χ1n) is 8.36. The van der Waals surface area contributed by atoms with Crippen molar-refractivity contribution in [3.05, 3.63) is 16.0 Å². The van der Waals surface area contributed by atoms with Gasteiger partial charge in [-0.05, 0) is 57.7 Å². The minimum Gasteiger partial charge on any atom is -0.462 e. The van der Waals surface area contributed by atoms with Crippen LogP contribution in [0.25, 0.3) is 0 Å². The fourth-order valence-corrected chi connectivity index (χ4v) is 4.19. The topological polar surface area (TPSA) is 67.4 Å². The fraction of sp³-hybridized carbons (Fsp3) is 0.647. The van der Waals surface area contributed by atoms with E-state index >= 15 is 0 Å². The average Bonchev–Trinajstić information content (AvgIpc) is 2.83. The van der Waals surface area contributed by atoms with Crippen LogP contribution in [0.5, 0.6) is 0 Å². The molecule has 1 aliphatic heterocycles. The van der Waals surface area contributed by atoms with Crippen molar-refractivity contribution in [3.8, 4) is 0 Å². The Balaban J connectivity index is 0.00000288. The number of hydrogen-bond acceptors (Lipinski definition) is 5. The van der Waals surface area contributed by atoms with Crippen LogP contribution in [0.15, 0.2) is 0 Å². The standard InChI is InChI=1S/C17H26N2O3S.ClH/c1-4-13-11(3)23-16(15(13)17(21)22-5-2)19-14(20)10-12-6-8-18-9-7-12;/h12,18H,4-10H2,1-3H3,(H,19,20);1H. The monoisotopic (exact) mass is 374 g/mol. The van der Waals surface area contributed by atoms with E-state index in [1.54, 1.807) is 6.92 Å². The Morgan fingerprint density at radius 3 is 2.54 bits per heavy atom. The van der Waals surface area contributed by atoms with Gasteiger partial charge in [0.05, 0.1) is 12.2 Å². The minimum absolute atomic E-state index is 0. The van der Waals surface area contributed by atoms with Gasteiger partial charge in [0, 0.05) is 11.3 Å². The van der Waals surface area contributed by atoms with E-state index in [9.17, 15) is 9.59 Å². The second-order valence-corrected chi connectivity index (χ2v) is 7.09. The molecule has 0 spiro atoms. The summed E-state index contributed by atoms with van der Waals surface area (Å²) in [5, 5.41) is 6.89. The summed E-state index contributed by atoms with van der Waals surface area (Å²) in [6, 6.07) is 0. The van der Waals surface area contributed by atoms with E-state index in [1.807, 2.05) is 13.8 Å². The van der Waals surface area contributed by atoms with Gasteiger partial charge >= 0.3 is 5.97 Å². The molecule has 2 heterocycles. The third-order valence-electron chi connectivity index (χ3n) is 4.23. The molecule has 1 aliphatic rings. The van der Waals surface area contributed by atoms with Gasteiger partial charge in [0.15, 0.2) is 0 Å². The van der Waals surface area contributed by atoms with Crippen molar-refractivity contribution >= 4 is 40.6 Å². The van der Waals surface area contributed by atoms with Gasteiger partial charge in [-0.15, -0.1) is 23.7 Å². The summed E-state index contributed by atoms with van der Waals surface area (Å²) in [6.07, 6.45) is 3.33. The number of carbonyl (C=O) groups is 2. The van der Waals surface area contributed by atoms with Crippen molar-refractivity contribution in [1.29, 1.82) is 0 Å². The molecule has 0 aliphatic carbocycles. The van der Waals surface area contributed by atoms with Crippen molar-refractivity contribution < 1.29 is 14.3 Å². The van der Waals surface area contributed by atoms with E-state index in [-0.39, 0.29) is 24.3 Å². The van der Waals surface area contributed by atoms with Crippen LogP contribution >= 0.6 is 23.7 Å². The number of thiophene rings is 1. The van der Waals surface area contributed by atoms with E-state index in [4.69, 9.17) is 4.74 Å². The molecule has 1 aromatic rings. The molecular formula is C17H27ClN2O3S. The van der Waals surface area contributed by atoms with Crippen LogP contribution in [0, 0.1) is 12.8 Å². The fourth-order valence-electron chi connectivity index (χ4n) is 3.04. The zero-order valence-electron chi connectivity index (χ0n) is 14.6. The highest BCUT2D eigenvalue weighted by atomic mass is 35.5. The lowest BCUT2D eigenvalue weighted by Crippen LogP contribution is -2.30. The van der Waals surface area contributed by atoms with Gasteiger partial charge in [-0.1, -0.05) is 6.92 Å². The van der Waals surface area contributed by atoms with Crippen LogP contribution in [-0.2, 0) is 16.0 Å². The van der Waals surface area contributed by atoms with Crippen molar-refractivity contribution in [3.63, 3.8) is 0 Å². The number of ether oxygens (including phenoxy) is 1. The molecule has 7 heteroatoms. The molecule has 2 N–H and O–H groups in total. The molecule has 24 heavy (non-hydrogen) atoms. The van der Waals surface area contributed by atoms with E-state index < -0.39 is 0 Å². The first kappa shape index (κ1) is 20.9. The number of piperidine rings is 1. The van der Waals surface area contributed by atoms with Crippen LogP contribution in [0.2, 0.25) is 0 Å². The quantitative estimate of drug-likeness (QED) is 0.747. The first-order valence-corrected chi connectivity index (χ1v) is 9.18. The van der Waals surface area contributed by atoms with Crippen LogP contribution in [0.3, 0.4) is 0 Å². The summed E-state index contributed by atoms with van der Waals surface area (Å²) in [7, 11) is 0. The molecule has 5 nitrogen and oxygen atoms in total. The molecule has 0 atom stereocenters. The lowest BCUT2D eigenvalue weighted by Gasteiger charge is -2.21. The maximum Gasteiger partial charge on any atom is 0.341 e. The third-order valence-corrected chi connectivity index (χ3v) is 5.29. The molecular weight excluding hydrogens is 348 g/mol. The first-order chi connectivity index (χ1) is 11.1. The van der Waals surface area contributed by atoms with Gasteiger partial charge in [-0.2, -0.15) is 0 Å². The summed E-state index contributed by atoms with van der Waals surface area (Å²) < 4.78 is 5.16. The number of anilines is 1. The van der Waals surface area contributed by atoms with Crippen LogP contribution in [0.1, 0.15) is 53.9 Å². The molecule has 136 valence electrons. The second kappa shape index (κ2) is 10.0. The van der Waals surface area contributed by atoms with Crippen molar-refractivity contribution in [2.24, 2.45) is 5.92 Å². The molecule has 0 bridgehead atoms. The minimum atomic E-state index is -0.342. The van der Waals surface area contributed by atoms with Gasteiger partial charge in [0.2, 0.25) is 5.91 Å². The summed E-state index contributed by atoms with van der Waals surface area (Å²) in [5.74, 6) is 0.0752. The van der Waals surface area contributed by atoms with Crippen LogP contribution < -0.4 is 10.6 Å². The Hall–Kier alpha value is -1.11. The number of halogens is 1. The number of rotatable bonds is 6. The molecule has 0 unspecified atom stereocenters. The van der Waals surface area contributed by atoms with E-state index in [1.165, 1.54) is 11.3 Å². The maximum absolute atomic E-state index is 12.3. The van der Waals surface area contributed by atoms with Crippen LogP contribution in [0.4, 0.5) is 5.00 Å². The lowest BCUT2D eigenvalue weighted by atomic mass is 9.94. The number of carbonyl (C=O) groups excluding carboxylic acids is 2. The Kier molecular flexibility index (Phi) is 8.73. The third kappa shape index (κ3) is 5.19. The summed E-state index contributed by atoms with van der Waals surface area (Å²) in [6.45, 7) is 8.07. The predicted octanol–water partition coefficient (Wildman–Crippen LogP) is 3.55. The zero-order chi connectivity index (χ0) is 16.8. The SMILES string of the molecule is CCOC(=O)c1c(NC(=O)CC2CCNCC2)sc(C)c1CC.Cl. The van der Waals surface area contributed by atoms with Crippen LogP contribution in [-0.4, -0.2) is 31.6 Å². The van der Waals surface area contributed by atoms with Gasteiger partial charge in [-0.3, -0.25) is 4.79 Å². The van der Waals surface area contributed by atoms with Gasteiger partial charge in [0.25, 0.3) is 0 Å². The number of amides is 1. The molecule has 2 rings (SSSR count). The largest absolute Gasteiger partial charge is 0.462 e. The highest BCUT2D eigenvalue weighted by molar-refractivity contribution is 7.16. The van der Waals surface area contributed by atoms with Gasteiger partial charge in [-0.25, -0.2) is 4.79 Å². The zero-order valence-corrected chi connectivity index (χ0v) is 16.2. The summed E-state index contributed by atoms with van der Waals surface area (Å²) in [4.78, 5) is 25.7.